The summed E-state index contributed by atoms with van der Waals surface area (Å²) in [5.74, 6) is -0.221. The van der Waals surface area contributed by atoms with Gasteiger partial charge in [-0.15, -0.1) is 12.4 Å². The van der Waals surface area contributed by atoms with Crippen molar-refractivity contribution < 1.29 is 4.79 Å². The molecule has 1 aliphatic rings. The third-order valence-corrected chi connectivity index (χ3v) is 4.38. The molecule has 24 heavy (non-hydrogen) atoms. The molecule has 0 spiro atoms. The number of likely N-dealkylation sites (tertiary alicyclic amines) is 1. The molecule has 2 aromatic rings. The zero-order chi connectivity index (χ0) is 16.2. The van der Waals surface area contributed by atoms with Crippen LogP contribution < -0.4 is 11.3 Å². The molecule has 0 saturated carbocycles. The highest BCUT2D eigenvalue weighted by atomic mass is 35.5. The summed E-state index contributed by atoms with van der Waals surface area (Å²) in [6.45, 7) is 1.10. The summed E-state index contributed by atoms with van der Waals surface area (Å²) in [5.41, 5.74) is 7.23. The van der Waals surface area contributed by atoms with Crippen LogP contribution in [0.25, 0.3) is 11.3 Å². The number of H-pyrrole nitrogens is 1. The summed E-state index contributed by atoms with van der Waals surface area (Å²) in [7, 11) is 0. The number of amides is 1. The molecule has 1 aliphatic heterocycles. The number of halogens is 1. The Labute approximate surface area is 147 Å². The van der Waals surface area contributed by atoms with Gasteiger partial charge < -0.3 is 15.6 Å². The Balaban J connectivity index is 0.00000208. The van der Waals surface area contributed by atoms with E-state index in [1.165, 1.54) is 0 Å². The van der Waals surface area contributed by atoms with Crippen LogP contribution in [0.15, 0.2) is 47.3 Å². The number of piperidine rings is 1. The minimum Gasteiger partial charge on any atom is -0.334 e. The Morgan fingerprint density at radius 1 is 1.17 bits per heavy atom. The van der Waals surface area contributed by atoms with Crippen molar-refractivity contribution in [2.24, 2.45) is 5.73 Å². The third-order valence-electron chi connectivity index (χ3n) is 4.38. The minimum atomic E-state index is -0.349. The van der Waals surface area contributed by atoms with Crippen molar-refractivity contribution in [1.29, 1.82) is 0 Å². The molecule has 0 bridgehead atoms. The zero-order valence-corrected chi connectivity index (χ0v) is 14.2. The quantitative estimate of drug-likeness (QED) is 0.894. The average molecular weight is 348 g/mol. The van der Waals surface area contributed by atoms with Gasteiger partial charge in [0.15, 0.2) is 0 Å². The lowest BCUT2D eigenvalue weighted by Crippen LogP contribution is -2.48. The highest BCUT2D eigenvalue weighted by Crippen LogP contribution is 2.19. The van der Waals surface area contributed by atoms with Gasteiger partial charge in [0, 0.05) is 24.8 Å². The lowest BCUT2D eigenvalue weighted by atomic mass is 10.0. The molecule has 1 amide bonds. The van der Waals surface area contributed by atoms with Crippen LogP contribution in [-0.2, 0) is 0 Å². The lowest BCUT2D eigenvalue weighted by Gasteiger charge is -2.34. The van der Waals surface area contributed by atoms with Crippen LogP contribution in [0.2, 0.25) is 0 Å². The molecule has 6 heteroatoms. The molecule has 0 radical (unpaired) electrons. The largest absolute Gasteiger partial charge is 0.334 e. The van der Waals surface area contributed by atoms with Crippen LogP contribution >= 0.6 is 12.4 Å². The van der Waals surface area contributed by atoms with Gasteiger partial charge in [0.2, 0.25) is 0 Å². The standard InChI is InChI=1S/C18H21N3O2.ClH/c19-12-14-8-4-5-11-21(14)18(23)15-9-10-16(20-17(15)22)13-6-2-1-3-7-13;/h1-3,6-7,9-10,14H,4-5,8,11-12,19H2,(H,20,22);1H. The first-order valence-electron chi connectivity index (χ1n) is 8.00. The van der Waals surface area contributed by atoms with Crippen molar-refractivity contribution in [3.8, 4) is 11.3 Å². The molecule has 1 aromatic heterocycles. The molecule has 1 fully saturated rings. The second kappa shape index (κ2) is 8.13. The maximum Gasteiger partial charge on any atom is 0.261 e. The van der Waals surface area contributed by atoms with E-state index in [-0.39, 0.29) is 35.5 Å². The molecule has 3 rings (SSSR count). The number of rotatable bonds is 3. The van der Waals surface area contributed by atoms with Gasteiger partial charge in [-0.2, -0.15) is 0 Å². The normalized spacial score (nSPS) is 17.2. The first kappa shape index (κ1) is 18.2. The van der Waals surface area contributed by atoms with Gasteiger partial charge in [-0.05, 0) is 37.0 Å². The second-order valence-electron chi connectivity index (χ2n) is 5.86. The summed E-state index contributed by atoms with van der Waals surface area (Å²) in [6, 6.07) is 13.0. The number of nitrogens with two attached hydrogens (primary N) is 1. The van der Waals surface area contributed by atoms with Crippen molar-refractivity contribution in [1.82, 2.24) is 9.88 Å². The first-order valence-corrected chi connectivity index (χ1v) is 8.00. The number of hydrogen-bond donors (Lipinski definition) is 2. The van der Waals surface area contributed by atoms with Gasteiger partial charge in [-0.1, -0.05) is 30.3 Å². The van der Waals surface area contributed by atoms with Crippen molar-refractivity contribution in [3.63, 3.8) is 0 Å². The first-order chi connectivity index (χ1) is 11.2. The third kappa shape index (κ3) is 3.68. The van der Waals surface area contributed by atoms with Crippen LogP contribution in [0.1, 0.15) is 29.6 Å². The molecular formula is C18H22ClN3O2. The van der Waals surface area contributed by atoms with Gasteiger partial charge in [-0.25, -0.2) is 0 Å². The molecule has 1 saturated heterocycles. The number of carbonyl (C=O) groups is 1. The van der Waals surface area contributed by atoms with Crippen LogP contribution in [0.3, 0.4) is 0 Å². The Morgan fingerprint density at radius 2 is 1.92 bits per heavy atom. The van der Waals surface area contributed by atoms with Crippen LogP contribution in [0.5, 0.6) is 0 Å². The van der Waals surface area contributed by atoms with Gasteiger partial charge in [-0.3, -0.25) is 9.59 Å². The summed E-state index contributed by atoms with van der Waals surface area (Å²) in [4.78, 5) is 29.6. The fourth-order valence-electron chi connectivity index (χ4n) is 3.10. The predicted octanol–water partition coefficient (Wildman–Crippen LogP) is 2.42. The van der Waals surface area contributed by atoms with E-state index < -0.39 is 0 Å². The molecule has 5 nitrogen and oxygen atoms in total. The highest BCUT2D eigenvalue weighted by Gasteiger charge is 2.27. The maximum atomic E-state index is 12.7. The molecule has 0 aliphatic carbocycles. The Kier molecular flexibility index (Phi) is 6.17. The smallest absolute Gasteiger partial charge is 0.261 e. The van der Waals surface area contributed by atoms with E-state index in [1.54, 1.807) is 17.0 Å². The number of benzene rings is 1. The summed E-state index contributed by atoms with van der Waals surface area (Å²) in [5, 5.41) is 0. The van der Waals surface area contributed by atoms with Gasteiger partial charge in [0.05, 0.1) is 0 Å². The van der Waals surface area contributed by atoms with Gasteiger partial charge >= 0.3 is 0 Å². The lowest BCUT2D eigenvalue weighted by molar-refractivity contribution is 0.0621. The van der Waals surface area contributed by atoms with Crippen LogP contribution in [0.4, 0.5) is 0 Å². The van der Waals surface area contributed by atoms with Crippen molar-refractivity contribution in [2.45, 2.75) is 25.3 Å². The molecule has 2 heterocycles. The van der Waals surface area contributed by atoms with E-state index in [0.29, 0.717) is 18.8 Å². The zero-order valence-electron chi connectivity index (χ0n) is 13.4. The summed E-state index contributed by atoms with van der Waals surface area (Å²) in [6.07, 6.45) is 2.94. The molecule has 1 atom stereocenters. The van der Waals surface area contributed by atoms with Crippen LogP contribution in [0, 0.1) is 0 Å². The molecule has 1 aromatic carbocycles. The Bertz CT molecular complexity index is 745. The van der Waals surface area contributed by atoms with Crippen molar-refractivity contribution in [2.75, 3.05) is 13.1 Å². The van der Waals surface area contributed by atoms with E-state index in [2.05, 4.69) is 4.98 Å². The number of hydrogen-bond acceptors (Lipinski definition) is 3. The molecular weight excluding hydrogens is 326 g/mol. The molecule has 3 N–H and O–H groups in total. The second-order valence-corrected chi connectivity index (χ2v) is 5.86. The maximum absolute atomic E-state index is 12.7. The summed E-state index contributed by atoms with van der Waals surface area (Å²) < 4.78 is 0. The summed E-state index contributed by atoms with van der Waals surface area (Å²) >= 11 is 0. The fraction of sp³-hybridized carbons (Fsp3) is 0.333. The minimum absolute atomic E-state index is 0. The Hall–Kier alpha value is -2.11. The predicted molar refractivity (Wildman–Crippen MR) is 97.5 cm³/mol. The number of carbonyl (C=O) groups excluding carboxylic acids is 1. The van der Waals surface area contributed by atoms with Crippen molar-refractivity contribution in [3.05, 3.63) is 58.4 Å². The van der Waals surface area contributed by atoms with E-state index >= 15 is 0 Å². The number of nitrogens with one attached hydrogen (secondary N) is 1. The molecule has 1 unspecified atom stereocenters. The van der Waals surface area contributed by atoms with Crippen LogP contribution in [-0.4, -0.2) is 34.9 Å². The molecule has 128 valence electrons. The monoisotopic (exact) mass is 347 g/mol. The van der Waals surface area contributed by atoms with E-state index in [9.17, 15) is 9.59 Å². The highest BCUT2D eigenvalue weighted by molar-refractivity contribution is 5.94. The number of nitrogens with zero attached hydrogens (tertiary/aromatic N) is 1. The number of aromatic nitrogens is 1. The van der Waals surface area contributed by atoms with Crippen molar-refractivity contribution >= 4 is 18.3 Å². The van der Waals surface area contributed by atoms with Gasteiger partial charge in [0.25, 0.3) is 11.5 Å². The number of pyridine rings is 1. The topological polar surface area (TPSA) is 79.2 Å². The van der Waals surface area contributed by atoms with E-state index in [4.69, 9.17) is 5.73 Å². The SMILES string of the molecule is Cl.NCC1CCCCN1C(=O)c1ccc(-c2ccccc2)[nH]c1=O. The average Bonchev–Trinajstić information content (AvgIpc) is 2.61. The number of aromatic amines is 1. The Morgan fingerprint density at radius 3 is 2.58 bits per heavy atom. The van der Waals surface area contributed by atoms with E-state index in [0.717, 1.165) is 24.8 Å². The fourth-order valence-corrected chi connectivity index (χ4v) is 3.10. The van der Waals surface area contributed by atoms with Gasteiger partial charge in [0.1, 0.15) is 5.56 Å². The van der Waals surface area contributed by atoms with E-state index in [1.807, 2.05) is 30.3 Å².